The van der Waals surface area contributed by atoms with Gasteiger partial charge in [-0.1, -0.05) is 23.7 Å². The summed E-state index contributed by atoms with van der Waals surface area (Å²) < 4.78 is 0. The number of nitrogens with zero attached hydrogens (tertiary/aromatic N) is 2. The Bertz CT molecular complexity index is 726. The number of H-pyrrole nitrogens is 1. The fraction of sp³-hybridized carbons (Fsp3) is 0.214. The molecule has 2 N–H and O–H groups in total. The van der Waals surface area contributed by atoms with Gasteiger partial charge in [0.25, 0.3) is 5.91 Å². The molecule has 0 unspecified atom stereocenters. The molecule has 21 heavy (non-hydrogen) atoms. The van der Waals surface area contributed by atoms with Gasteiger partial charge in [-0.2, -0.15) is 5.10 Å². The van der Waals surface area contributed by atoms with Crippen LogP contribution >= 0.6 is 11.6 Å². The molecular weight excluding hydrogens is 292 g/mol. The van der Waals surface area contributed by atoms with Gasteiger partial charge in [-0.25, -0.2) is 0 Å². The molecule has 7 heteroatoms. The molecule has 108 valence electrons. The molecule has 0 spiro atoms. The second-order valence-electron chi connectivity index (χ2n) is 4.84. The maximum Gasteiger partial charge on any atom is 0.258 e. The Hall–Kier alpha value is -2.34. The maximum atomic E-state index is 12.2. The van der Waals surface area contributed by atoms with Crippen LogP contribution in [0.1, 0.15) is 28.5 Å². The summed E-state index contributed by atoms with van der Waals surface area (Å²) >= 11 is 6.00. The zero-order valence-electron chi connectivity index (χ0n) is 11.3. The summed E-state index contributed by atoms with van der Waals surface area (Å²) in [5.74, 6) is 0.109. The lowest BCUT2D eigenvalue weighted by Crippen LogP contribution is -2.23. The summed E-state index contributed by atoms with van der Waals surface area (Å²) in [5.41, 5.74) is 2.07. The minimum Gasteiger partial charge on any atom is -0.333 e. The van der Waals surface area contributed by atoms with Crippen LogP contribution in [0, 0.1) is 0 Å². The molecule has 0 radical (unpaired) electrons. The number of hydrogen-bond donors (Lipinski definition) is 2. The second-order valence-corrected chi connectivity index (χ2v) is 5.25. The van der Waals surface area contributed by atoms with E-state index in [0.717, 1.165) is 11.3 Å². The van der Waals surface area contributed by atoms with E-state index in [0.29, 0.717) is 29.5 Å². The lowest BCUT2D eigenvalue weighted by Gasteiger charge is -2.12. The molecule has 2 aromatic rings. The van der Waals surface area contributed by atoms with Crippen LogP contribution < -0.4 is 5.32 Å². The number of aromatic amines is 1. The lowest BCUT2D eigenvalue weighted by molar-refractivity contribution is -0.129. The second kappa shape index (κ2) is 5.21. The van der Waals surface area contributed by atoms with Crippen molar-refractivity contribution in [3.63, 3.8) is 0 Å². The van der Waals surface area contributed by atoms with Crippen LogP contribution in [0.3, 0.4) is 0 Å². The Kier molecular flexibility index (Phi) is 3.39. The molecule has 1 aromatic carbocycles. The zero-order valence-corrected chi connectivity index (χ0v) is 12.1. The number of fused-ring (bicyclic) bond motifs is 1. The van der Waals surface area contributed by atoms with Crippen molar-refractivity contribution in [1.82, 2.24) is 15.1 Å². The highest BCUT2D eigenvalue weighted by atomic mass is 35.5. The summed E-state index contributed by atoms with van der Waals surface area (Å²) in [6.07, 6.45) is 0. The number of aromatic nitrogens is 2. The molecule has 0 saturated heterocycles. The van der Waals surface area contributed by atoms with Crippen LogP contribution in [0.2, 0.25) is 5.02 Å². The predicted molar refractivity (Wildman–Crippen MR) is 77.9 cm³/mol. The molecule has 2 heterocycles. The van der Waals surface area contributed by atoms with Gasteiger partial charge in [0.15, 0.2) is 5.82 Å². The van der Waals surface area contributed by atoms with Crippen molar-refractivity contribution in [3.05, 3.63) is 46.1 Å². The number of benzene rings is 1. The quantitative estimate of drug-likeness (QED) is 0.892. The van der Waals surface area contributed by atoms with Gasteiger partial charge in [0, 0.05) is 12.5 Å². The van der Waals surface area contributed by atoms with Crippen molar-refractivity contribution in [2.45, 2.75) is 20.0 Å². The van der Waals surface area contributed by atoms with E-state index < -0.39 is 0 Å². The molecule has 0 saturated carbocycles. The highest BCUT2D eigenvalue weighted by Gasteiger charge is 2.27. The smallest absolute Gasteiger partial charge is 0.258 e. The van der Waals surface area contributed by atoms with E-state index in [1.807, 2.05) is 0 Å². The van der Waals surface area contributed by atoms with Crippen molar-refractivity contribution in [3.8, 4) is 0 Å². The highest BCUT2D eigenvalue weighted by Crippen LogP contribution is 2.27. The average Bonchev–Trinajstić information content (AvgIpc) is 3.01. The molecule has 0 bridgehead atoms. The van der Waals surface area contributed by atoms with Gasteiger partial charge in [0.05, 0.1) is 29.4 Å². The normalized spacial score (nSPS) is 13.1. The number of rotatable bonds is 2. The van der Waals surface area contributed by atoms with E-state index in [9.17, 15) is 9.59 Å². The van der Waals surface area contributed by atoms with Gasteiger partial charge < -0.3 is 10.2 Å². The molecule has 6 nitrogen and oxygen atoms in total. The number of anilines is 1. The summed E-state index contributed by atoms with van der Waals surface area (Å²) in [4.78, 5) is 25.3. The van der Waals surface area contributed by atoms with E-state index in [-0.39, 0.29) is 11.8 Å². The first-order valence-corrected chi connectivity index (χ1v) is 6.81. The molecule has 1 aromatic heterocycles. The molecule has 0 aliphatic carbocycles. The number of hydrogen-bond acceptors (Lipinski definition) is 3. The number of halogens is 1. The number of carbonyl (C=O) groups excluding carboxylic acids is 2. The standard InChI is InChI=1S/C14H13ClN4O2/c1-8(20)19-6-10-12(7-19)17-18-13(10)16-14(21)9-4-2-3-5-11(9)15/h2-5H,6-7H2,1H3,(H2,16,17,18,21). The fourth-order valence-electron chi connectivity index (χ4n) is 2.29. The first kappa shape index (κ1) is 13.6. The lowest BCUT2D eigenvalue weighted by atomic mass is 10.2. The molecule has 2 amide bonds. The van der Waals surface area contributed by atoms with E-state index in [1.165, 1.54) is 6.92 Å². The monoisotopic (exact) mass is 304 g/mol. The van der Waals surface area contributed by atoms with Gasteiger partial charge in [-0.3, -0.25) is 14.7 Å². The van der Waals surface area contributed by atoms with Gasteiger partial charge in [-0.15, -0.1) is 0 Å². The van der Waals surface area contributed by atoms with Crippen molar-refractivity contribution in [1.29, 1.82) is 0 Å². The van der Waals surface area contributed by atoms with Crippen LogP contribution in [-0.4, -0.2) is 26.9 Å². The van der Waals surface area contributed by atoms with E-state index >= 15 is 0 Å². The van der Waals surface area contributed by atoms with Crippen molar-refractivity contribution in [2.75, 3.05) is 5.32 Å². The Balaban J connectivity index is 1.81. The Labute approximate surface area is 126 Å². The van der Waals surface area contributed by atoms with Crippen LogP contribution in [0.4, 0.5) is 5.82 Å². The third kappa shape index (κ3) is 2.50. The van der Waals surface area contributed by atoms with Gasteiger partial charge in [0.1, 0.15) is 0 Å². The molecular formula is C14H13ClN4O2. The fourth-order valence-corrected chi connectivity index (χ4v) is 2.51. The molecule has 1 aliphatic rings. The number of nitrogens with one attached hydrogen (secondary N) is 2. The Morgan fingerprint density at radius 1 is 1.33 bits per heavy atom. The maximum absolute atomic E-state index is 12.2. The highest BCUT2D eigenvalue weighted by molar-refractivity contribution is 6.34. The van der Waals surface area contributed by atoms with Crippen molar-refractivity contribution >= 4 is 29.2 Å². The largest absolute Gasteiger partial charge is 0.333 e. The minimum atomic E-state index is -0.323. The minimum absolute atomic E-state index is 0.0111. The zero-order chi connectivity index (χ0) is 15.0. The first-order valence-electron chi connectivity index (χ1n) is 6.43. The molecule has 1 aliphatic heterocycles. The summed E-state index contributed by atoms with van der Waals surface area (Å²) in [6.45, 7) is 2.44. The average molecular weight is 305 g/mol. The summed E-state index contributed by atoms with van der Waals surface area (Å²) in [7, 11) is 0. The van der Waals surface area contributed by atoms with Gasteiger partial charge >= 0.3 is 0 Å². The molecule has 3 rings (SSSR count). The van der Waals surface area contributed by atoms with Gasteiger partial charge in [-0.05, 0) is 12.1 Å². The van der Waals surface area contributed by atoms with Crippen LogP contribution in [0.25, 0.3) is 0 Å². The van der Waals surface area contributed by atoms with Crippen LogP contribution in [-0.2, 0) is 17.9 Å². The third-order valence-electron chi connectivity index (χ3n) is 3.45. The number of amides is 2. The van der Waals surface area contributed by atoms with Crippen LogP contribution in [0.15, 0.2) is 24.3 Å². The Morgan fingerprint density at radius 2 is 2.10 bits per heavy atom. The molecule has 0 atom stereocenters. The summed E-state index contributed by atoms with van der Waals surface area (Å²) in [5, 5.41) is 10.1. The summed E-state index contributed by atoms with van der Waals surface area (Å²) in [6, 6.07) is 6.80. The van der Waals surface area contributed by atoms with Crippen molar-refractivity contribution < 1.29 is 9.59 Å². The SMILES string of the molecule is CC(=O)N1Cc2[nH]nc(NC(=O)c3ccccc3Cl)c2C1. The predicted octanol–water partition coefficient (Wildman–Crippen LogP) is 2.18. The number of carbonyl (C=O) groups is 2. The first-order chi connectivity index (χ1) is 10.1. The van der Waals surface area contributed by atoms with Crippen molar-refractivity contribution in [2.24, 2.45) is 0 Å². The van der Waals surface area contributed by atoms with Gasteiger partial charge in [0.2, 0.25) is 5.91 Å². The topological polar surface area (TPSA) is 78.1 Å². The third-order valence-corrected chi connectivity index (χ3v) is 3.78. The Morgan fingerprint density at radius 3 is 2.81 bits per heavy atom. The van der Waals surface area contributed by atoms with E-state index in [2.05, 4.69) is 15.5 Å². The van der Waals surface area contributed by atoms with E-state index in [1.54, 1.807) is 29.2 Å². The van der Waals surface area contributed by atoms with E-state index in [4.69, 9.17) is 11.6 Å². The van der Waals surface area contributed by atoms with Crippen LogP contribution in [0.5, 0.6) is 0 Å². The molecule has 0 fully saturated rings.